The maximum absolute atomic E-state index is 2.44. The molecule has 112 valence electrons. The lowest BCUT2D eigenvalue weighted by Crippen LogP contribution is -2.05. The summed E-state index contributed by atoms with van der Waals surface area (Å²) in [6.45, 7) is 2.28. The van der Waals surface area contributed by atoms with E-state index in [2.05, 4.69) is 43.3 Å². The predicted molar refractivity (Wildman–Crippen MR) is 93.0 cm³/mol. The van der Waals surface area contributed by atoms with Crippen LogP contribution in [0.3, 0.4) is 0 Å². The van der Waals surface area contributed by atoms with Gasteiger partial charge < -0.3 is 0 Å². The summed E-state index contributed by atoms with van der Waals surface area (Å²) in [6, 6.07) is 14.0. The van der Waals surface area contributed by atoms with Gasteiger partial charge in [-0.15, -0.1) is 0 Å². The normalized spacial score (nSPS) is 16.4. The minimum Gasteiger partial charge on any atom is -0.0654 e. The van der Waals surface area contributed by atoms with E-state index < -0.39 is 0 Å². The van der Waals surface area contributed by atoms with Crippen molar-refractivity contribution in [3.05, 3.63) is 47.5 Å². The number of hydrogen-bond donors (Lipinski definition) is 0. The van der Waals surface area contributed by atoms with E-state index in [4.69, 9.17) is 0 Å². The van der Waals surface area contributed by atoms with Gasteiger partial charge >= 0.3 is 0 Å². The first-order valence-corrected chi connectivity index (χ1v) is 8.90. The van der Waals surface area contributed by atoms with Gasteiger partial charge in [-0.25, -0.2) is 0 Å². The molecule has 0 aliphatic heterocycles. The Morgan fingerprint density at radius 2 is 1.62 bits per heavy atom. The van der Waals surface area contributed by atoms with Crippen molar-refractivity contribution in [3.63, 3.8) is 0 Å². The topological polar surface area (TPSA) is 0 Å². The molecule has 1 aliphatic rings. The second kappa shape index (κ2) is 7.11. The highest BCUT2D eigenvalue weighted by molar-refractivity contribution is 5.89. The van der Waals surface area contributed by atoms with Crippen LogP contribution in [0.2, 0.25) is 0 Å². The molecule has 0 N–H and O–H groups in total. The molecule has 0 heterocycles. The van der Waals surface area contributed by atoms with E-state index in [9.17, 15) is 0 Å². The Morgan fingerprint density at radius 3 is 2.38 bits per heavy atom. The molecule has 0 heteroatoms. The highest BCUT2D eigenvalue weighted by Crippen LogP contribution is 2.37. The summed E-state index contributed by atoms with van der Waals surface area (Å²) in [7, 11) is 0. The molecule has 21 heavy (non-hydrogen) atoms. The van der Waals surface area contributed by atoms with E-state index in [0.717, 1.165) is 5.92 Å². The largest absolute Gasteiger partial charge is 0.0654 e. The molecule has 0 atom stereocenters. The Bertz CT molecular complexity index is 576. The Hall–Kier alpha value is -1.30. The van der Waals surface area contributed by atoms with Crippen LogP contribution in [0.4, 0.5) is 0 Å². The Balaban J connectivity index is 1.93. The lowest BCUT2D eigenvalue weighted by atomic mass is 9.81. The van der Waals surface area contributed by atoms with Gasteiger partial charge in [0.1, 0.15) is 0 Å². The summed E-state index contributed by atoms with van der Waals surface area (Å²) in [5.41, 5.74) is 3.17. The molecule has 0 spiro atoms. The fourth-order valence-electron chi connectivity index (χ4n) is 3.94. The van der Waals surface area contributed by atoms with Crippen molar-refractivity contribution in [2.24, 2.45) is 0 Å². The Kier molecular flexibility index (Phi) is 4.95. The molecule has 1 fully saturated rings. The van der Waals surface area contributed by atoms with Crippen LogP contribution in [-0.4, -0.2) is 0 Å². The van der Waals surface area contributed by atoms with E-state index in [-0.39, 0.29) is 0 Å². The van der Waals surface area contributed by atoms with Crippen molar-refractivity contribution in [3.8, 4) is 0 Å². The first-order valence-electron chi connectivity index (χ1n) is 8.90. The maximum Gasteiger partial charge on any atom is -0.0146 e. The summed E-state index contributed by atoms with van der Waals surface area (Å²) in [6.07, 6.45) is 12.2. The van der Waals surface area contributed by atoms with Crippen molar-refractivity contribution in [2.75, 3.05) is 0 Å². The van der Waals surface area contributed by atoms with Gasteiger partial charge in [-0.05, 0) is 53.5 Å². The molecule has 2 aromatic carbocycles. The molecule has 2 aromatic rings. The molecule has 0 unspecified atom stereocenters. The smallest absolute Gasteiger partial charge is 0.0146 e. The van der Waals surface area contributed by atoms with Crippen LogP contribution < -0.4 is 0 Å². The average Bonchev–Trinajstić information content (AvgIpc) is 2.56. The SMILES string of the molecule is CCCCCc1ccc(C2CCCCC2)c2ccccc12. The van der Waals surface area contributed by atoms with Gasteiger partial charge in [-0.2, -0.15) is 0 Å². The lowest BCUT2D eigenvalue weighted by Gasteiger charge is -2.24. The van der Waals surface area contributed by atoms with Gasteiger partial charge in [-0.3, -0.25) is 0 Å². The van der Waals surface area contributed by atoms with E-state index >= 15 is 0 Å². The highest BCUT2D eigenvalue weighted by Gasteiger charge is 2.18. The lowest BCUT2D eigenvalue weighted by molar-refractivity contribution is 0.445. The standard InChI is InChI=1S/C21H28/c1-2-3-5-10-18-15-16-20(17-11-6-4-7-12-17)21-14-9-8-13-19(18)21/h8-9,13-17H,2-7,10-12H2,1H3. The fourth-order valence-corrected chi connectivity index (χ4v) is 3.94. The van der Waals surface area contributed by atoms with Gasteiger partial charge in [0.25, 0.3) is 0 Å². The van der Waals surface area contributed by atoms with Crippen LogP contribution in [0.25, 0.3) is 10.8 Å². The quantitative estimate of drug-likeness (QED) is 0.540. The van der Waals surface area contributed by atoms with Crippen LogP contribution in [0.15, 0.2) is 36.4 Å². The van der Waals surface area contributed by atoms with Gasteiger partial charge in [0.15, 0.2) is 0 Å². The van der Waals surface area contributed by atoms with Crippen LogP contribution in [-0.2, 0) is 6.42 Å². The van der Waals surface area contributed by atoms with Crippen molar-refractivity contribution in [1.29, 1.82) is 0 Å². The second-order valence-corrected chi connectivity index (χ2v) is 6.65. The van der Waals surface area contributed by atoms with Crippen molar-refractivity contribution >= 4 is 10.8 Å². The summed E-state index contributed by atoms with van der Waals surface area (Å²) in [5.74, 6) is 0.799. The summed E-state index contributed by atoms with van der Waals surface area (Å²) < 4.78 is 0. The zero-order valence-electron chi connectivity index (χ0n) is 13.4. The second-order valence-electron chi connectivity index (χ2n) is 6.65. The third-order valence-corrected chi connectivity index (χ3v) is 5.14. The molecule has 0 saturated heterocycles. The summed E-state index contributed by atoms with van der Waals surface area (Å²) in [4.78, 5) is 0. The fraction of sp³-hybridized carbons (Fsp3) is 0.524. The van der Waals surface area contributed by atoms with E-state index in [0.29, 0.717) is 0 Å². The van der Waals surface area contributed by atoms with E-state index in [1.807, 2.05) is 0 Å². The number of fused-ring (bicyclic) bond motifs is 1. The molecule has 0 nitrogen and oxygen atoms in total. The monoisotopic (exact) mass is 280 g/mol. The molecule has 3 rings (SSSR count). The zero-order chi connectivity index (χ0) is 14.5. The van der Waals surface area contributed by atoms with E-state index in [1.165, 1.54) is 68.6 Å². The number of benzene rings is 2. The van der Waals surface area contributed by atoms with Gasteiger partial charge in [0, 0.05) is 0 Å². The number of hydrogen-bond acceptors (Lipinski definition) is 0. The van der Waals surface area contributed by atoms with Crippen molar-refractivity contribution in [1.82, 2.24) is 0 Å². The predicted octanol–water partition coefficient (Wildman–Crippen LogP) is 6.62. The van der Waals surface area contributed by atoms with Gasteiger partial charge in [0.05, 0.1) is 0 Å². The molecule has 1 aliphatic carbocycles. The first-order chi connectivity index (χ1) is 10.4. The molecular formula is C21H28. The molecule has 0 radical (unpaired) electrons. The maximum atomic E-state index is 2.44. The molecule has 0 aromatic heterocycles. The van der Waals surface area contributed by atoms with Crippen LogP contribution in [0, 0.1) is 0 Å². The molecule has 1 saturated carbocycles. The highest BCUT2D eigenvalue weighted by atomic mass is 14.2. The van der Waals surface area contributed by atoms with Crippen LogP contribution in [0.1, 0.15) is 75.3 Å². The van der Waals surface area contributed by atoms with E-state index in [1.54, 1.807) is 11.1 Å². The van der Waals surface area contributed by atoms with Crippen molar-refractivity contribution < 1.29 is 0 Å². The third kappa shape index (κ3) is 3.31. The van der Waals surface area contributed by atoms with Gasteiger partial charge in [0.2, 0.25) is 0 Å². The zero-order valence-corrected chi connectivity index (χ0v) is 13.4. The minimum absolute atomic E-state index is 0.799. The number of rotatable bonds is 5. The molecule has 0 bridgehead atoms. The average molecular weight is 280 g/mol. The first kappa shape index (κ1) is 14.6. The Morgan fingerprint density at radius 1 is 0.857 bits per heavy atom. The third-order valence-electron chi connectivity index (χ3n) is 5.14. The summed E-state index contributed by atoms with van der Waals surface area (Å²) in [5, 5.41) is 3.04. The Labute approximate surface area is 129 Å². The summed E-state index contributed by atoms with van der Waals surface area (Å²) >= 11 is 0. The number of unbranched alkanes of at least 4 members (excludes halogenated alkanes) is 2. The van der Waals surface area contributed by atoms with Crippen LogP contribution >= 0.6 is 0 Å². The minimum atomic E-state index is 0.799. The molecular weight excluding hydrogens is 252 g/mol. The van der Waals surface area contributed by atoms with Gasteiger partial charge in [-0.1, -0.05) is 75.4 Å². The number of aryl methyl sites for hydroxylation is 1. The van der Waals surface area contributed by atoms with Crippen molar-refractivity contribution in [2.45, 2.75) is 70.6 Å². The van der Waals surface area contributed by atoms with Crippen LogP contribution in [0.5, 0.6) is 0 Å². The molecule has 0 amide bonds.